The van der Waals surface area contributed by atoms with Gasteiger partial charge in [-0.1, -0.05) is 12.1 Å². The number of benzene rings is 1. The van der Waals surface area contributed by atoms with Gasteiger partial charge in [0.15, 0.2) is 0 Å². The highest BCUT2D eigenvalue weighted by molar-refractivity contribution is 6.32. The van der Waals surface area contributed by atoms with E-state index in [2.05, 4.69) is 4.99 Å². The molecule has 108 valence electrons. The zero-order valence-electron chi connectivity index (χ0n) is 11.7. The molecule has 2 aliphatic heterocycles. The highest BCUT2D eigenvalue weighted by Crippen LogP contribution is 2.32. The summed E-state index contributed by atoms with van der Waals surface area (Å²) in [5.41, 5.74) is 1.39. The van der Waals surface area contributed by atoms with Gasteiger partial charge in [0.05, 0.1) is 17.5 Å². The van der Waals surface area contributed by atoms with Gasteiger partial charge in [-0.25, -0.2) is 9.89 Å². The number of aliphatic imine (C=N–C) groups is 1. The van der Waals surface area contributed by atoms with E-state index in [1.807, 2.05) is 12.1 Å². The van der Waals surface area contributed by atoms with Crippen molar-refractivity contribution in [3.8, 4) is 0 Å². The Morgan fingerprint density at radius 2 is 1.91 bits per heavy atom. The summed E-state index contributed by atoms with van der Waals surface area (Å²) in [5, 5.41) is 0. The van der Waals surface area contributed by atoms with Gasteiger partial charge in [-0.2, -0.15) is 0 Å². The summed E-state index contributed by atoms with van der Waals surface area (Å²) >= 11 is 0. The molecule has 2 aromatic rings. The van der Waals surface area contributed by atoms with Crippen molar-refractivity contribution in [3.05, 3.63) is 59.7 Å². The Kier molecular flexibility index (Phi) is 2.53. The molecule has 0 unspecified atom stereocenters. The molecule has 1 aromatic carbocycles. The lowest BCUT2D eigenvalue weighted by Crippen LogP contribution is -2.50. The van der Waals surface area contributed by atoms with Crippen LogP contribution in [0.25, 0.3) is 6.08 Å². The molecule has 2 aliphatic rings. The maximum atomic E-state index is 12.5. The van der Waals surface area contributed by atoms with Crippen LogP contribution in [0.5, 0.6) is 0 Å². The minimum Gasteiger partial charge on any atom is -0.465 e. The first-order valence-corrected chi connectivity index (χ1v) is 6.72. The third kappa shape index (κ3) is 1.64. The van der Waals surface area contributed by atoms with Gasteiger partial charge < -0.3 is 9.32 Å². The Labute approximate surface area is 126 Å². The molecule has 2 amide bonds. The van der Waals surface area contributed by atoms with Crippen molar-refractivity contribution >= 4 is 29.5 Å². The van der Waals surface area contributed by atoms with Crippen molar-refractivity contribution in [1.29, 1.82) is 0 Å². The number of hydrogen-bond donors (Lipinski definition) is 0. The van der Waals surface area contributed by atoms with Crippen molar-refractivity contribution in [1.82, 2.24) is 4.90 Å². The average molecular weight is 293 g/mol. The molecule has 0 N–H and O–H groups in total. The number of hydrogen-bond acceptors (Lipinski definition) is 5. The van der Waals surface area contributed by atoms with Crippen LogP contribution in [0.4, 0.5) is 5.69 Å². The molecule has 3 heterocycles. The minimum atomic E-state index is -0.447. The van der Waals surface area contributed by atoms with Gasteiger partial charge in [0, 0.05) is 13.1 Å². The molecule has 0 fully saturated rings. The van der Waals surface area contributed by atoms with Gasteiger partial charge in [-0.3, -0.25) is 9.59 Å². The summed E-state index contributed by atoms with van der Waals surface area (Å²) in [5.74, 6) is 0.0183. The molecule has 1 aromatic heterocycles. The van der Waals surface area contributed by atoms with Crippen LogP contribution in [-0.2, 0) is 4.79 Å². The van der Waals surface area contributed by atoms with Crippen molar-refractivity contribution in [3.63, 3.8) is 0 Å². The standard InChI is InChI=1S/C16H11N3O3/c1-18-13-7-3-2-6-11(13)14(20)19-15(21)12(17-16(18)19)9-10-5-4-8-22-10/h2-9H,1H3/b12-9-. The Hall–Kier alpha value is -3.15. The molecule has 22 heavy (non-hydrogen) atoms. The predicted octanol–water partition coefficient (Wildman–Crippen LogP) is 2.11. The van der Waals surface area contributed by atoms with Crippen LogP contribution in [-0.4, -0.2) is 29.7 Å². The fourth-order valence-corrected chi connectivity index (χ4v) is 2.60. The number of amides is 2. The molecule has 0 atom stereocenters. The zero-order valence-corrected chi connectivity index (χ0v) is 11.7. The van der Waals surface area contributed by atoms with E-state index in [0.717, 1.165) is 10.6 Å². The van der Waals surface area contributed by atoms with E-state index in [0.29, 0.717) is 17.3 Å². The molecule has 0 spiro atoms. The van der Waals surface area contributed by atoms with E-state index in [4.69, 9.17) is 4.42 Å². The van der Waals surface area contributed by atoms with Gasteiger partial charge in [0.1, 0.15) is 11.5 Å². The van der Waals surface area contributed by atoms with Crippen LogP contribution in [0.2, 0.25) is 0 Å². The minimum absolute atomic E-state index is 0.179. The lowest BCUT2D eigenvalue weighted by Gasteiger charge is -2.31. The Bertz CT molecular complexity index is 849. The number of anilines is 1. The summed E-state index contributed by atoms with van der Waals surface area (Å²) < 4.78 is 5.20. The second kappa shape index (κ2) is 4.42. The number of rotatable bonds is 1. The normalized spacial score (nSPS) is 18.6. The number of para-hydroxylation sites is 1. The second-order valence-corrected chi connectivity index (χ2v) is 4.98. The molecule has 4 rings (SSSR count). The van der Waals surface area contributed by atoms with E-state index in [9.17, 15) is 9.59 Å². The lowest BCUT2D eigenvalue weighted by atomic mass is 10.1. The van der Waals surface area contributed by atoms with E-state index < -0.39 is 5.91 Å². The van der Waals surface area contributed by atoms with Gasteiger partial charge in [-0.05, 0) is 24.3 Å². The maximum absolute atomic E-state index is 12.5. The largest absolute Gasteiger partial charge is 0.465 e. The summed E-state index contributed by atoms with van der Waals surface area (Å²) in [4.78, 5) is 32.2. The first kappa shape index (κ1) is 12.6. The van der Waals surface area contributed by atoms with Crippen LogP contribution in [0.15, 0.2) is 57.8 Å². The van der Waals surface area contributed by atoms with E-state index in [-0.39, 0.29) is 11.6 Å². The summed E-state index contributed by atoms with van der Waals surface area (Å²) in [7, 11) is 1.78. The van der Waals surface area contributed by atoms with Crippen molar-refractivity contribution < 1.29 is 14.0 Å². The third-order valence-electron chi connectivity index (χ3n) is 3.66. The number of furan rings is 1. The Morgan fingerprint density at radius 1 is 1.09 bits per heavy atom. The number of nitrogens with zero attached hydrogens (tertiary/aromatic N) is 3. The monoisotopic (exact) mass is 293 g/mol. The summed E-state index contributed by atoms with van der Waals surface area (Å²) in [6.07, 6.45) is 3.04. The Balaban J connectivity index is 1.83. The zero-order chi connectivity index (χ0) is 15.3. The van der Waals surface area contributed by atoms with Gasteiger partial charge >= 0.3 is 0 Å². The summed E-state index contributed by atoms with van der Waals surface area (Å²) in [6.45, 7) is 0. The van der Waals surface area contributed by atoms with Crippen LogP contribution < -0.4 is 4.90 Å². The fourth-order valence-electron chi connectivity index (χ4n) is 2.60. The van der Waals surface area contributed by atoms with Gasteiger partial charge in [-0.15, -0.1) is 0 Å². The number of imide groups is 1. The van der Waals surface area contributed by atoms with Crippen LogP contribution in [0.3, 0.4) is 0 Å². The predicted molar refractivity (Wildman–Crippen MR) is 80.1 cm³/mol. The van der Waals surface area contributed by atoms with E-state index in [1.165, 1.54) is 12.3 Å². The lowest BCUT2D eigenvalue weighted by molar-refractivity contribution is -0.121. The number of carbonyl (C=O) groups is 2. The molecule has 0 saturated heterocycles. The van der Waals surface area contributed by atoms with Gasteiger partial charge in [0.25, 0.3) is 11.8 Å². The first-order valence-electron chi connectivity index (χ1n) is 6.72. The van der Waals surface area contributed by atoms with Crippen molar-refractivity contribution in [2.75, 3.05) is 11.9 Å². The highest BCUT2D eigenvalue weighted by atomic mass is 16.3. The topological polar surface area (TPSA) is 66.1 Å². The van der Waals surface area contributed by atoms with Crippen LogP contribution in [0.1, 0.15) is 16.1 Å². The van der Waals surface area contributed by atoms with E-state index in [1.54, 1.807) is 36.2 Å². The molecule has 0 aliphatic carbocycles. The molecule has 6 heteroatoms. The quantitative estimate of drug-likeness (QED) is 0.596. The number of fused-ring (bicyclic) bond motifs is 2. The maximum Gasteiger partial charge on any atom is 0.286 e. The third-order valence-corrected chi connectivity index (χ3v) is 3.66. The molecule has 0 bridgehead atoms. The number of carbonyl (C=O) groups excluding carboxylic acids is 2. The molecule has 6 nitrogen and oxygen atoms in total. The first-order chi connectivity index (χ1) is 10.7. The second-order valence-electron chi connectivity index (χ2n) is 4.98. The SMILES string of the molecule is CN1C2=N/C(=C\c3ccco3)C(=O)N2C(=O)c2ccccc21. The molecule has 0 saturated carbocycles. The summed E-state index contributed by atoms with van der Waals surface area (Å²) in [6, 6.07) is 10.6. The smallest absolute Gasteiger partial charge is 0.286 e. The van der Waals surface area contributed by atoms with Crippen LogP contribution >= 0.6 is 0 Å². The highest BCUT2D eigenvalue weighted by Gasteiger charge is 2.42. The molecule has 0 radical (unpaired) electrons. The Morgan fingerprint density at radius 3 is 2.68 bits per heavy atom. The van der Waals surface area contributed by atoms with E-state index >= 15 is 0 Å². The van der Waals surface area contributed by atoms with Crippen molar-refractivity contribution in [2.24, 2.45) is 4.99 Å². The van der Waals surface area contributed by atoms with Crippen LogP contribution in [0, 0.1) is 0 Å². The fraction of sp³-hybridized carbons (Fsp3) is 0.0625. The average Bonchev–Trinajstić information content (AvgIpc) is 3.15. The van der Waals surface area contributed by atoms with Crippen molar-refractivity contribution in [2.45, 2.75) is 0 Å². The number of guanidine groups is 1. The molecular formula is C16H11N3O3. The molecular weight excluding hydrogens is 282 g/mol. The van der Waals surface area contributed by atoms with Gasteiger partial charge in [0.2, 0.25) is 5.96 Å².